The fourth-order valence-corrected chi connectivity index (χ4v) is 3.68. The number of carbonyl (C=O) groups is 1. The number of aromatic carboxylic acids is 1. The molecule has 0 aliphatic carbocycles. The monoisotopic (exact) mass is 453 g/mol. The van der Waals surface area contributed by atoms with Gasteiger partial charge in [-0.1, -0.05) is 42.0 Å². The highest BCUT2D eigenvalue weighted by atomic mass is 16.5. The number of aromatic nitrogens is 2. The van der Waals surface area contributed by atoms with E-state index in [0.29, 0.717) is 5.75 Å². The smallest absolute Gasteiger partial charge is 0.337 e. The molecule has 2 heterocycles. The third kappa shape index (κ3) is 5.78. The van der Waals surface area contributed by atoms with E-state index in [1.165, 1.54) is 35.3 Å². The van der Waals surface area contributed by atoms with E-state index in [-0.39, 0.29) is 12.2 Å². The Kier molecular flexibility index (Phi) is 7.18. The van der Waals surface area contributed by atoms with E-state index in [1.54, 1.807) is 0 Å². The summed E-state index contributed by atoms with van der Waals surface area (Å²) in [4.78, 5) is 22.1. The molecule has 0 fully saturated rings. The number of nitrogens with zero attached hydrogens (tertiary/aromatic N) is 3. The molecule has 172 valence electrons. The summed E-state index contributed by atoms with van der Waals surface area (Å²) < 4.78 is 5.73. The minimum Gasteiger partial charge on any atom is -0.486 e. The lowest BCUT2D eigenvalue weighted by molar-refractivity contribution is 0.0696. The average Bonchev–Trinajstić information content (AvgIpc) is 2.87. The molecular formula is C28H27N3O3. The number of carboxylic acids is 1. The third-order valence-corrected chi connectivity index (χ3v) is 5.53. The van der Waals surface area contributed by atoms with Gasteiger partial charge in [0.25, 0.3) is 0 Å². The van der Waals surface area contributed by atoms with Crippen LogP contribution in [0.3, 0.4) is 0 Å². The lowest BCUT2D eigenvalue weighted by Crippen LogP contribution is -2.21. The molecular weight excluding hydrogens is 426 g/mol. The second kappa shape index (κ2) is 10.6. The number of pyridine rings is 2. The van der Waals surface area contributed by atoms with Crippen LogP contribution in [0.25, 0.3) is 11.3 Å². The van der Waals surface area contributed by atoms with Crippen molar-refractivity contribution in [2.24, 2.45) is 0 Å². The highest BCUT2D eigenvalue weighted by molar-refractivity contribution is 5.87. The second-order valence-corrected chi connectivity index (χ2v) is 8.07. The van der Waals surface area contributed by atoms with E-state index in [2.05, 4.69) is 72.3 Å². The number of benzene rings is 2. The van der Waals surface area contributed by atoms with Gasteiger partial charge in [-0.2, -0.15) is 0 Å². The van der Waals surface area contributed by atoms with Crippen molar-refractivity contribution in [1.82, 2.24) is 9.97 Å². The van der Waals surface area contributed by atoms with Crippen molar-refractivity contribution in [3.05, 3.63) is 108 Å². The summed E-state index contributed by atoms with van der Waals surface area (Å²) in [6.45, 7) is 6.20. The number of hydrogen-bond donors (Lipinski definition) is 1. The lowest BCUT2D eigenvalue weighted by Gasteiger charge is -2.23. The van der Waals surface area contributed by atoms with Crippen LogP contribution in [0.15, 0.2) is 85.2 Å². The maximum Gasteiger partial charge on any atom is 0.337 e. The molecule has 6 heteroatoms. The van der Waals surface area contributed by atoms with E-state index < -0.39 is 5.97 Å². The van der Waals surface area contributed by atoms with E-state index in [0.717, 1.165) is 30.0 Å². The van der Waals surface area contributed by atoms with Crippen molar-refractivity contribution in [2.75, 3.05) is 11.4 Å². The summed E-state index contributed by atoms with van der Waals surface area (Å²) in [5, 5.41) is 9.11. The molecule has 0 atom stereocenters. The molecule has 0 amide bonds. The lowest BCUT2D eigenvalue weighted by atomic mass is 10.1. The number of aryl methyl sites for hydroxylation is 1. The summed E-state index contributed by atoms with van der Waals surface area (Å²) in [5.74, 6) is -0.646. The van der Waals surface area contributed by atoms with Crippen LogP contribution in [-0.2, 0) is 13.2 Å². The molecule has 2 aromatic heterocycles. The van der Waals surface area contributed by atoms with Crippen molar-refractivity contribution in [3.8, 4) is 17.0 Å². The highest BCUT2D eigenvalue weighted by Gasteiger charge is 2.09. The minimum atomic E-state index is -1.04. The second-order valence-electron chi connectivity index (χ2n) is 8.07. The third-order valence-electron chi connectivity index (χ3n) is 5.53. The van der Waals surface area contributed by atoms with Gasteiger partial charge in [-0.3, -0.25) is 4.98 Å². The standard InChI is InChI=1S/C28H27N3O3/c1-3-31(25-12-10-20(2)11-13-25)18-21-6-4-7-22(14-21)27-9-5-8-24(30-27)19-34-26-15-23(28(32)33)16-29-17-26/h4-17H,3,18-19H2,1-2H3,(H,32,33). The molecule has 0 unspecified atom stereocenters. The molecule has 0 radical (unpaired) electrons. The number of carboxylic acid groups (broad SMARTS) is 1. The highest BCUT2D eigenvalue weighted by Crippen LogP contribution is 2.23. The van der Waals surface area contributed by atoms with Crippen LogP contribution in [0.1, 0.15) is 34.1 Å². The molecule has 0 aliphatic rings. The molecule has 1 N–H and O–H groups in total. The number of anilines is 1. The van der Waals surface area contributed by atoms with Gasteiger partial charge in [0, 0.05) is 30.5 Å². The zero-order valence-corrected chi connectivity index (χ0v) is 19.3. The molecule has 0 spiro atoms. The Balaban J connectivity index is 1.48. The Morgan fingerprint density at radius 2 is 1.79 bits per heavy atom. The SMILES string of the molecule is CCN(Cc1cccc(-c2cccc(COc3cncc(C(=O)O)c3)n2)c1)c1ccc(C)cc1. The van der Waals surface area contributed by atoms with Gasteiger partial charge in [0.1, 0.15) is 12.4 Å². The molecule has 0 saturated heterocycles. The maximum atomic E-state index is 11.1. The van der Waals surface area contributed by atoms with Crippen LogP contribution in [0.4, 0.5) is 5.69 Å². The van der Waals surface area contributed by atoms with Gasteiger partial charge in [0.05, 0.1) is 23.1 Å². The maximum absolute atomic E-state index is 11.1. The Morgan fingerprint density at radius 3 is 2.56 bits per heavy atom. The molecule has 34 heavy (non-hydrogen) atoms. The minimum absolute atomic E-state index is 0.0859. The molecule has 2 aromatic carbocycles. The van der Waals surface area contributed by atoms with Gasteiger partial charge in [-0.25, -0.2) is 9.78 Å². The molecule has 4 aromatic rings. The average molecular weight is 454 g/mol. The van der Waals surface area contributed by atoms with Crippen molar-refractivity contribution in [2.45, 2.75) is 27.0 Å². The Labute approximate surface area is 199 Å². The summed E-state index contributed by atoms with van der Waals surface area (Å²) in [5.41, 5.74) is 6.40. The fraction of sp³-hybridized carbons (Fsp3) is 0.179. The first kappa shape index (κ1) is 23.0. The zero-order valence-electron chi connectivity index (χ0n) is 19.3. The molecule has 0 bridgehead atoms. The van der Waals surface area contributed by atoms with E-state index in [9.17, 15) is 4.79 Å². The summed E-state index contributed by atoms with van der Waals surface area (Å²) >= 11 is 0. The van der Waals surface area contributed by atoms with Crippen molar-refractivity contribution in [1.29, 1.82) is 0 Å². The quantitative estimate of drug-likeness (QED) is 0.347. The van der Waals surface area contributed by atoms with Crippen LogP contribution < -0.4 is 9.64 Å². The van der Waals surface area contributed by atoms with Gasteiger partial charge in [0.2, 0.25) is 0 Å². The topological polar surface area (TPSA) is 75.5 Å². The first-order chi connectivity index (χ1) is 16.5. The van der Waals surface area contributed by atoms with Gasteiger partial charge < -0.3 is 14.7 Å². The van der Waals surface area contributed by atoms with Gasteiger partial charge in [-0.05, 0) is 55.8 Å². The first-order valence-electron chi connectivity index (χ1n) is 11.2. The van der Waals surface area contributed by atoms with Crippen molar-refractivity contribution < 1.29 is 14.6 Å². The first-order valence-corrected chi connectivity index (χ1v) is 11.2. The van der Waals surface area contributed by atoms with Crippen molar-refractivity contribution >= 4 is 11.7 Å². The summed E-state index contributed by atoms with van der Waals surface area (Å²) in [7, 11) is 0. The number of hydrogen-bond acceptors (Lipinski definition) is 5. The molecule has 6 nitrogen and oxygen atoms in total. The largest absolute Gasteiger partial charge is 0.486 e. The van der Waals surface area contributed by atoms with Crippen molar-refractivity contribution in [3.63, 3.8) is 0 Å². The van der Waals surface area contributed by atoms with Crippen LogP contribution in [0.2, 0.25) is 0 Å². The predicted molar refractivity (Wildman–Crippen MR) is 133 cm³/mol. The predicted octanol–water partition coefficient (Wildman–Crippen LogP) is 5.76. The van der Waals surface area contributed by atoms with Crippen LogP contribution in [0, 0.1) is 6.92 Å². The van der Waals surface area contributed by atoms with E-state index >= 15 is 0 Å². The fourth-order valence-electron chi connectivity index (χ4n) is 3.68. The number of ether oxygens (including phenoxy) is 1. The summed E-state index contributed by atoms with van der Waals surface area (Å²) in [6.07, 6.45) is 2.78. The Hall–Kier alpha value is -4.19. The van der Waals surface area contributed by atoms with Gasteiger partial charge in [-0.15, -0.1) is 0 Å². The van der Waals surface area contributed by atoms with Crippen LogP contribution >= 0.6 is 0 Å². The molecule has 0 aliphatic heterocycles. The summed E-state index contributed by atoms with van der Waals surface area (Å²) in [6, 6.07) is 24.3. The van der Waals surface area contributed by atoms with Crippen LogP contribution in [0.5, 0.6) is 5.75 Å². The van der Waals surface area contributed by atoms with E-state index in [1.807, 2.05) is 18.2 Å². The molecule has 4 rings (SSSR count). The number of rotatable bonds is 9. The van der Waals surface area contributed by atoms with Crippen LogP contribution in [-0.4, -0.2) is 27.6 Å². The van der Waals surface area contributed by atoms with Gasteiger partial charge in [0.15, 0.2) is 0 Å². The molecule has 0 saturated carbocycles. The van der Waals surface area contributed by atoms with E-state index in [4.69, 9.17) is 14.8 Å². The normalized spacial score (nSPS) is 10.6. The zero-order chi connectivity index (χ0) is 23.9. The Bertz CT molecular complexity index is 1270. The Morgan fingerprint density at radius 1 is 1.00 bits per heavy atom. The van der Waals surface area contributed by atoms with Gasteiger partial charge >= 0.3 is 5.97 Å².